The van der Waals surface area contributed by atoms with Crippen molar-refractivity contribution >= 4 is 73.7 Å². The molecule has 17 rings (SSSR count). The molecule has 0 bridgehead atoms. The predicted octanol–water partition coefficient (Wildman–Crippen LogP) is 16.2. The van der Waals surface area contributed by atoms with Gasteiger partial charge >= 0.3 is 0 Å². The Bertz CT molecular complexity index is 4470. The third-order valence-electron chi connectivity index (χ3n) is 21.8. The van der Waals surface area contributed by atoms with Crippen molar-refractivity contribution in [1.82, 2.24) is 4.57 Å². The second-order valence-electron chi connectivity index (χ2n) is 26.1. The fraction of sp³-hybridized carbons (Fsp3) is 0.163. The lowest BCUT2D eigenvalue weighted by Crippen LogP contribution is -2.75. The average molecular weight is 1160 g/mol. The van der Waals surface area contributed by atoms with Crippen molar-refractivity contribution in [3.05, 3.63) is 359 Å². The molecule has 2 fully saturated rings. The first-order chi connectivity index (χ1) is 44.2. The van der Waals surface area contributed by atoms with E-state index in [-0.39, 0.29) is 6.71 Å². The molecule has 0 amide bonds. The summed E-state index contributed by atoms with van der Waals surface area (Å²) in [5, 5.41) is 8.26. The molecule has 12 aromatic carbocycles. The summed E-state index contributed by atoms with van der Waals surface area (Å²) in [5.41, 5.74) is 19.9. The summed E-state index contributed by atoms with van der Waals surface area (Å²) in [6.07, 6.45) is 13.1. The molecule has 2 aliphatic heterocycles. The summed E-state index contributed by atoms with van der Waals surface area (Å²) in [7, 11) is -3.04. The summed E-state index contributed by atoms with van der Waals surface area (Å²) in [4.78, 5) is 0. The number of benzene rings is 12. The Morgan fingerprint density at radius 2 is 0.674 bits per heavy atom. The maximum Gasteiger partial charge on any atom is 0.242 e. The maximum absolute atomic E-state index is 3.04. The number of nitrogens with zero attached hydrogens (tertiary/aromatic N) is 1. The largest absolute Gasteiger partial charge is 0.309 e. The smallest absolute Gasteiger partial charge is 0.242 e. The molecule has 428 valence electrons. The fourth-order valence-corrected chi connectivity index (χ4v) is 22.8. The summed E-state index contributed by atoms with van der Waals surface area (Å²) in [6.45, 7) is -0.106. The van der Waals surface area contributed by atoms with Gasteiger partial charge in [0.15, 0.2) is 8.07 Å². The average Bonchev–Trinajstić information content (AvgIpc) is 1.07. The molecule has 1 nitrogen and oxygen atoms in total. The number of aromatic nitrogens is 1. The second-order valence-corrected chi connectivity index (χ2v) is 30.0. The first-order valence-electron chi connectivity index (χ1n) is 33.1. The van der Waals surface area contributed by atoms with Crippen molar-refractivity contribution in [3.63, 3.8) is 0 Å². The molecule has 0 atom stereocenters. The lowest BCUT2D eigenvalue weighted by Gasteiger charge is -2.51. The monoisotopic (exact) mass is 1160 g/mol. The maximum atomic E-state index is 2.72. The zero-order valence-electron chi connectivity index (χ0n) is 50.6. The standard InChI is InChI=1S/C86H72BNSi/c1-10-29-61(30-11-1)63-49-55-82-74(57-63)75-58-64(62-31-12-2-13-32-62)50-56-83(75)88(82)69-51-53-80-78(59-69)85(65-33-14-3-15-34-65,66-35-16-4-17-36-66)76-47-28-48-77-84(76)87(80)81-54-52-73(60-79(81)86(77,67-37-18-5-19-38-67)68-39-20-6-21-40-68)89(70-41-22-7-23-42-70,71-43-24-8-25-44-71)72-45-26-9-27-46-72/h3-9,14-28,33-62H,1-2,10-13,29-32H2. The van der Waals surface area contributed by atoms with Gasteiger partial charge in [-0.2, -0.15) is 0 Å². The lowest BCUT2D eigenvalue weighted by molar-refractivity contribution is 0.444. The van der Waals surface area contributed by atoms with Gasteiger partial charge in [0.25, 0.3) is 0 Å². The summed E-state index contributed by atoms with van der Waals surface area (Å²) >= 11 is 0. The molecule has 0 spiro atoms. The van der Waals surface area contributed by atoms with E-state index in [1.54, 1.807) is 0 Å². The van der Waals surface area contributed by atoms with Crippen LogP contribution in [0.25, 0.3) is 27.5 Å². The normalized spacial score (nSPS) is 16.2. The zero-order valence-corrected chi connectivity index (χ0v) is 51.6. The molecule has 0 unspecified atom stereocenters. The molecule has 3 heterocycles. The fourth-order valence-electron chi connectivity index (χ4n) is 18.0. The van der Waals surface area contributed by atoms with Gasteiger partial charge in [-0.3, -0.25) is 0 Å². The molecule has 0 N–H and O–H groups in total. The first-order valence-corrected chi connectivity index (χ1v) is 35.1. The molecule has 0 saturated heterocycles. The SMILES string of the molecule is c1ccc(C2(c3ccccc3)c3cc(-n4c5ccc(C6CCCCC6)cc5c5cc(C6CCCCC6)ccc54)ccc3B3c4ccc([Si](c5ccccc5)(c5ccccc5)c5ccccc5)cc4C(c4ccccc4)(c4ccccc4)c4cccc2c43)cc1. The van der Waals surface area contributed by atoms with Gasteiger partial charge in [-0.1, -0.05) is 322 Å². The Morgan fingerprint density at radius 1 is 0.303 bits per heavy atom. The van der Waals surface area contributed by atoms with Crippen LogP contribution in [0.15, 0.2) is 303 Å². The van der Waals surface area contributed by atoms with Gasteiger partial charge in [0.05, 0.1) is 21.9 Å². The third kappa shape index (κ3) is 8.27. The van der Waals surface area contributed by atoms with E-state index in [0.29, 0.717) is 11.8 Å². The third-order valence-corrected chi connectivity index (χ3v) is 26.6. The van der Waals surface area contributed by atoms with Crippen molar-refractivity contribution in [3.8, 4) is 5.69 Å². The highest BCUT2D eigenvalue weighted by Crippen LogP contribution is 2.53. The van der Waals surface area contributed by atoms with E-state index in [4.69, 9.17) is 0 Å². The molecule has 1 aromatic heterocycles. The molecule has 2 aliphatic carbocycles. The molecule has 4 aliphatic rings. The summed E-state index contributed by atoms with van der Waals surface area (Å²) < 4.78 is 2.64. The van der Waals surface area contributed by atoms with Crippen molar-refractivity contribution in [2.45, 2.75) is 86.9 Å². The lowest BCUT2D eigenvalue weighted by atomic mass is 9.26. The zero-order chi connectivity index (χ0) is 58.9. The Morgan fingerprint density at radius 3 is 1.08 bits per heavy atom. The number of hydrogen-bond acceptors (Lipinski definition) is 0. The van der Waals surface area contributed by atoms with Crippen LogP contribution in [-0.4, -0.2) is 19.4 Å². The minimum Gasteiger partial charge on any atom is -0.309 e. The highest BCUT2D eigenvalue weighted by atomic mass is 28.3. The summed E-state index contributed by atoms with van der Waals surface area (Å²) in [5.74, 6) is 1.23. The van der Waals surface area contributed by atoms with Crippen LogP contribution in [0.2, 0.25) is 0 Å². The Balaban J connectivity index is 0.995. The number of fused-ring (bicyclic) bond motifs is 7. The molecule has 3 heteroatoms. The van der Waals surface area contributed by atoms with Crippen LogP contribution >= 0.6 is 0 Å². The van der Waals surface area contributed by atoms with Crippen molar-refractivity contribution in [2.24, 2.45) is 0 Å². The van der Waals surface area contributed by atoms with E-state index < -0.39 is 18.9 Å². The van der Waals surface area contributed by atoms with Crippen LogP contribution in [0.4, 0.5) is 0 Å². The molecule has 13 aromatic rings. The second kappa shape index (κ2) is 22.1. The molecule has 2 saturated carbocycles. The molecular formula is C86H72BNSi. The van der Waals surface area contributed by atoms with Crippen LogP contribution in [0.3, 0.4) is 0 Å². The molecular weight excluding hydrogens is 1090 g/mol. The molecule has 0 radical (unpaired) electrons. The highest BCUT2D eigenvalue weighted by Gasteiger charge is 2.56. The van der Waals surface area contributed by atoms with E-state index in [1.807, 2.05) is 0 Å². The van der Waals surface area contributed by atoms with Crippen molar-refractivity contribution in [1.29, 1.82) is 0 Å². The van der Waals surface area contributed by atoms with E-state index in [2.05, 4.69) is 308 Å². The van der Waals surface area contributed by atoms with E-state index in [9.17, 15) is 0 Å². The van der Waals surface area contributed by atoms with Crippen LogP contribution in [-0.2, 0) is 10.8 Å². The van der Waals surface area contributed by atoms with Gasteiger partial charge in [-0.25, -0.2) is 0 Å². The van der Waals surface area contributed by atoms with Gasteiger partial charge in [-0.15, -0.1) is 0 Å². The van der Waals surface area contributed by atoms with E-state index >= 15 is 0 Å². The Labute approximate surface area is 526 Å². The molecule has 89 heavy (non-hydrogen) atoms. The van der Waals surface area contributed by atoms with Crippen LogP contribution in [0.1, 0.15) is 132 Å². The topological polar surface area (TPSA) is 4.93 Å². The van der Waals surface area contributed by atoms with Crippen LogP contribution in [0, 0.1) is 0 Å². The van der Waals surface area contributed by atoms with E-state index in [1.165, 1.54) is 184 Å². The van der Waals surface area contributed by atoms with Crippen LogP contribution in [0.5, 0.6) is 0 Å². The Hall–Kier alpha value is -9.28. The minimum absolute atomic E-state index is 0.106. The Kier molecular flexibility index (Phi) is 13.4. The van der Waals surface area contributed by atoms with Gasteiger partial charge in [0.1, 0.15) is 0 Å². The van der Waals surface area contributed by atoms with Crippen molar-refractivity contribution < 1.29 is 0 Å². The highest BCUT2D eigenvalue weighted by molar-refractivity contribution is 7.20. The first kappa shape index (κ1) is 53.9. The van der Waals surface area contributed by atoms with Crippen molar-refractivity contribution in [2.75, 3.05) is 0 Å². The number of hydrogen-bond donors (Lipinski definition) is 0. The van der Waals surface area contributed by atoms with Gasteiger partial charge in [-0.05, 0) is 150 Å². The van der Waals surface area contributed by atoms with Gasteiger partial charge in [0, 0.05) is 16.5 Å². The predicted molar refractivity (Wildman–Crippen MR) is 377 cm³/mol. The van der Waals surface area contributed by atoms with Crippen LogP contribution < -0.4 is 37.1 Å². The summed E-state index contributed by atoms with van der Waals surface area (Å²) in [6, 6.07) is 119. The van der Waals surface area contributed by atoms with Gasteiger partial charge < -0.3 is 4.57 Å². The minimum atomic E-state index is -3.04. The van der Waals surface area contributed by atoms with E-state index in [0.717, 1.165) is 0 Å². The van der Waals surface area contributed by atoms with Gasteiger partial charge in [0.2, 0.25) is 6.71 Å². The quantitative estimate of drug-likeness (QED) is 0.0898. The number of rotatable bonds is 11.